The maximum absolute atomic E-state index is 3.97. The summed E-state index contributed by atoms with van der Waals surface area (Å²) in [4.78, 5) is 2.63. The van der Waals surface area contributed by atoms with Crippen molar-refractivity contribution in [2.75, 3.05) is 7.05 Å². The van der Waals surface area contributed by atoms with Crippen LogP contribution in [0.25, 0.3) is 0 Å². The Bertz CT molecular complexity index is 293. The highest BCUT2D eigenvalue weighted by Crippen LogP contribution is 2.63. The van der Waals surface area contributed by atoms with E-state index in [0.717, 1.165) is 24.2 Å². The van der Waals surface area contributed by atoms with Gasteiger partial charge in [0, 0.05) is 24.2 Å². The minimum Gasteiger partial charge on any atom is -0.310 e. The average Bonchev–Trinajstić information content (AvgIpc) is 2.53. The number of piperidine rings is 1. The number of hydrogen-bond donors (Lipinski definition) is 1. The molecule has 0 amide bonds. The van der Waals surface area contributed by atoms with Crippen molar-refractivity contribution in [3.05, 3.63) is 0 Å². The molecule has 3 fully saturated rings. The van der Waals surface area contributed by atoms with Crippen LogP contribution in [0.1, 0.15) is 53.4 Å². The Hall–Kier alpha value is -0.0800. The van der Waals surface area contributed by atoms with Crippen molar-refractivity contribution in [2.45, 2.75) is 77.5 Å². The van der Waals surface area contributed by atoms with E-state index in [0.29, 0.717) is 10.8 Å². The second kappa shape index (κ2) is 3.48. The lowest BCUT2D eigenvalue weighted by Crippen LogP contribution is -2.48. The fraction of sp³-hybridized carbons (Fsp3) is 1.00. The molecular weight excluding hydrogens is 208 g/mol. The van der Waals surface area contributed by atoms with E-state index in [2.05, 4.69) is 45.0 Å². The van der Waals surface area contributed by atoms with Gasteiger partial charge in [0.15, 0.2) is 0 Å². The van der Waals surface area contributed by atoms with E-state index in [1.165, 1.54) is 25.7 Å². The van der Waals surface area contributed by atoms with Crippen molar-refractivity contribution in [3.63, 3.8) is 0 Å². The molecule has 1 saturated carbocycles. The first-order valence-corrected chi connectivity index (χ1v) is 7.32. The van der Waals surface area contributed by atoms with Crippen LogP contribution < -0.4 is 5.32 Å². The van der Waals surface area contributed by atoms with Gasteiger partial charge in [-0.3, -0.25) is 0 Å². The van der Waals surface area contributed by atoms with Gasteiger partial charge in [0.05, 0.1) is 0 Å². The van der Waals surface area contributed by atoms with Crippen molar-refractivity contribution in [1.82, 2.24) is 10.2 Å². The van der Waals surface area contributed by atoms with E-state index in [9.17, 15) is 0 Å². The lowest BCUT2D eigenvalue weighted by atomic mass is 9.97. The summed E-state index contributed by atoms with van der Waals surface area (Å²) in [6, 6.07) is 3.21. The summed E-state index contributed by atoms with van der Waals surface area (Å²) < 4.78 is 0. The summed E-state index contributed by atoms with van der Waals surface area (Å²) in [5.41, 5.74) is 0.963. The van der Waals surface area contributed by atoms with Gasteiger partial charge in [0.2, 0.25) is 0 Å². The van der Waals surface area contributed by atoms with Crippen molar-refractivity contribution >= 4 is 0 Å². The predicted octanol–water partition coefficient (Wildman–Crippen LogP) is 2.64. The second-order valence-electron chi connectivity index (χ2n) is 7.76. The summed E-state index contributed by atoms with van der Waals surface area (Å²) in [5, 5.41) is 3.97. The zero-order valence-corrected chi connectivity index (χ0v) is 12.1. The highest BCUT2D eigenvalue weighted by atomic mass is 15.2. The summed E-state index contributed by atoms with van der Waals surface area (Å²) in [6.07, 6.45) is 5.60. The molecule has 2 saturated heterocycles. The van der Waals surface area contributed by atoms with E-state index in [1.807, 2.05) is 0 Å². The highest BCUT2D eigenvalue weighted by molar-refractivity contribution is 5.18. The first-order chi connectivity index (χ1) is 7.84. The number of nitrogens with zero attached hydrogens (tertiary/aromatic N) is 1. The van der Waals surface area contributed by atoms with Crippen molar-refractivity contribution in [3.8, 4) is 0 Å². The summed E-state index contributed by atoms with van der Waals surface area (Å²) >= 11 is 0. The van der Waals surface area contributed by atoms with Gasteiger partial charge in [-0.1, -0.05) is 27.7 Å². The molecule has 2 aliphatic heterocycles. The first-order valence-electron chi connectivity index (χ1n) is 7.32. The van der Waals surface area contributed by atoms with Gasteiger partial charge >= 0.3 is 0 Å². The van der Waals surface area contributed by atoms with Gasteiger partial charge in [-0.15, -0.1) is 0 Å². The average molecular weight is 236 g/mol. The Kier molecular flexibility index (Phi) is 2.45. The van der Waals surface area contributed by atoms with Crippen LogP contribution in [-0.2, 0) is 0 Å². The number of nitrogens with one attached hydrogen (secondary N) is 1. The Morgan fingerprint density at radius 3 is 1.82 bits per heavy atom. The molecule has 0 aromatic rings. The Morgan fingerprint density at radius 2 is 1.41 bits per heavy atom. The van der Waals surface area contributed by atoms with Gasteiger partial charge in [0.25, 0.3) is 0 Å². The molecule has 2 heterocycles. The molecule has 0 aromatic carbocycles. The van der Waals surface area contributed by atoms with Crippen LogP contribution in [0.2, 0.25) is 0 Å². The maximum atomic E-state index is 3.97. The normalized spacial score (nSPS) is 43.9. The standard InChI is InChI=1S/C15H28N2/c1-14(2)13(15(14,3)4)16-10-8-11-6-7-12(9-10)17(11)5/h10-13,16H,6-9H2,1-5H3. The van der Waals surface area contributed by atoms with E-state index in [1.54, 1.807) is 0 Å². The molecular formula is C15H28N2. The molecule has 2 bridgehead atoms. The number of fused-ring (bicyclic) bond motifs is 2. The van der Waals surface area contributed by atoms with Gasteiger partial charge in [0.1, 0.15) is 0 Å². The molecule has 2 heteroatoms. The van der Waals surface area contributed by atoms with Crippen LogP contribution in [0.3, 0.4) is 0 Å². The SMILES string of the molecule is CN1C2CCC1CC(NC1C(C)(C)C1(C)C)C2. The highest BCUT2D eigenvalue weighted by Gasteiger charge is 2.65. The minimum atomic E-state index is 0.482. The molecule has 0 radical (unpaired) electrons. The molecule has 2 nitrogen and oxygen atoms in total. The zero-order valence-electron chi connectivity index (χ0n) is 12.1. The fourth-order valence-electron chi connectivity index (χ4n) is 4.40. The van der Waals surface area contributed by atoms with E-state index in [4.69, 9.17) is 0 Å². The predicted molar refractivity (Wildman–Crippen MR) is 72.1 cm³/mol. The largest absolute Gasteiger partial charge is 0.310 e. The van der Waals surface area contributed by atoms with Crippen LogP contribution in [0.5, 0.6) is 0 Å². The monoisotopic (exact) mass is 236 g/mol. The number of rotatable bonds is 2. The van der Waals surface area contributed by atoms with Crippen LogP contribution >= 0.6 is 0 Å². The Labute approximate surface area is 106 Å². The van der Waals surface area contributed by atoms with E-state index in [-0.39, 0.29) is 0 Å². The third-order valence-corrected chi connectivity index (χ3v) is 6.52. The molecule has 1 N–H and O–H groups in total. The summed E-state index contributed by atoms with van der Waals surface area (Å²) in [6.45, 7) is 9.64. The molecule has 3 rings (SSSR count). The lowest BCUT2D eigenvalue weighted by Gasteiger charge is -2.37. The van der Waals surface area contributed by atoms with E-state index < -0.39 is 0 Å². The Balaban J connectivity index is 1.62. The van der Waals surface area contributed by atoms with Crippen LogP contribution in [0.4, 0.5) is 0 Å². The van der Waals surface area contributed by atoms with Crippen molar-refractivity contribution in [2.24, 2.45) is 10.8 Å². The summed E-state index contributed by atoms with van der Waals surface area (Å²) in [5.74, 6) is 0. The van der Waals surface area contributed by atoms with Crippen molar-refractivity contribution in [1.29, 1.82) is 0 Å². The van der Waals surface area contributed by atoms with Crippen LogP contribution in [0, 0.1) is 10.8 Å². The van der Waals surface area contributed by atoms with Gasteiger partial charge in [-0.05, 0) is 43.6 Å². The van der Waals surface area contributed by atoms with E-state index >= 15 is 0 Å². The molecule has 2 unspecified atom stereocenters. The molecule has 17 heavy (non-hydrogen) atoms. The van der Waals surface area contributed by atoms with Crippen molar-refractivity contribution < 1.29 is 0 Å². The van der Waals surface area contributed by atoms with Gasteiger partial charge < -0.3 is 10.2 Å². The van der Waals surface area contributed by atoms with Gasteiger partial charge in [-0.2, -0.15) is 0 Å². The lowest BCUT2D eigenvalue weighted by molar-refractivity contribution is 0.145. The molecule has 0 spiro atoms. The topological polar surface area (TPSA) is 15.3 Å². The molecule has 2 atom stereocenters. The van der Waals surface area contributed by atoms with Gasteiger partial charge in [-0.25, -0.2) is 0 Å². The molecule has 0 aromatic heterocycles. The smallest absolute Gasteiger partial charge is 0.0183 e. The Morgan fingerprint density at radius 1 is 0.941 bits per heavy atom. The molecule has 1 aliphatic carbocycles. The fourth-order valence-corrected chi connectivity index (χ4v) is 4.40. The molecule has 98 valence electrons. The molecule has 3 aliphatic rings. The van der Waals surface area contributed by atoms with Crippen LogP contribution in [0.15, 0.2) is 0 Å². The maximum Gasteiger partial charge on any atom is 0.0183 e. The second-order valence-corrected chi connectivity index (χ2v) is 7.76. The van der Waals surface area contributed by atoms with Crippen LogP contribution in [-0.4, -0.2) is 36.1 Å². The quantitative estimate of drug-likeness (QED) is 0.793. The summed E-state index contributed by atoms with van der Waals surface area (Å²) in [7, 11) is 2.32. The number of hydrogen-bond acceptors (Lipinski definition) is 2. The first kappa shape index (κ1) is 12.0. The zero-order chi connectivity index (χ0) is 12.4. The third-order valence-electron chi connectivity index (χ3n) is 6.52. The third kappa shape index (κ3) is 1.60. The minimum absolute atomic E-state index is 0.482.